The highest BCUT2D eigenvalue weighted by Gasteiger charge is 2.09. The molecule has 22 heavy (non-hydrogen) atoms. The van der Waals surface area contributed by atoms with Gasteiger partial charge in [-0.2, -0.15) is 5.10 Å². The van der Waals surface area contributed by atoms with E-state index in [2.05, 4.69) is 20.4 Å². The summed E-state index contributed by atoms with van der Waals surface area (Å²) in [7, 11) is 1.86. The van der Waals surface area contributed by atoms with Crippen LogP contribution in [0, 0.1) is 0 Å². The fourth-order valence-corrected chi connectivity index (χ4v) is 2.75. The van der Waals surface area contributed by atoms with Gasteiger partial charge in [-0.3, -0.25) is 14.5 Å². The topological polar surface area (TPSA) is 72.7 Å². The van der Waals surface area contributed by atoms with Crippen LogP contribution >= 0.6 is 11.3 Å². The molecule has 112 valence electrons. The molecule has 1 N–H and O–H groups in total. The summed E-state index contributed by atoms with van der Waals surface area (Å²) in [4.78, 5) is 20.4. The van der Waals surface area contributed by atoms with Gasteiger partial charge in [0.05, 0.1) is 11.9 Å². The number of nitrogens with zero attached hydrogens (tertiary/aromatic N) is 4. The summed E-state index contributed by atoms with van der Waals surface area (Å²) in [5.41, 5.74) is 2.81. The lowest BCUT2D eigenvalue weighted by Crippen LogP contribution is -2.12. The molecule has 0 unspecified atom stereocenters. The van der Waals surface area contributed by atoms with E-state index in [-0.39, 0.29) is 5.91 Å². The summed E-state index contributed by atoms with van der Waals surface area (Å²) in [5, 5.41) is 9.43. The predicted molar refractivity (Wildman–Crippen MR) is 85.5 cm³/mol. The molecular formula is C15H15N5OS. The van der Waals surface area contributed by atoms with Gasteiger partial charge < -0.3 is 5.32 Å². The number of aromatic nitrogens is 4. The van der Waals surface area contributed by atoms with Gasteiger partial charge in [0.1, 0.15) is 0 Å². The fourth-order valence-electron chi connectivity index (χ4n) is 2.02. The van der Waals surface area contributed by atoms with E-state index in [4.69, 9.17) is 0 Å². The summed E-state index contributed by atoms with van der Waals surface area (Å²) in [6.07, 6.45) is 8.24. The lowest BCUT2D eigenvalue weighted by molar-refractivity contribution is -0.116. The Morgan fingerprint density at radius 1 is 1.41 bits per heavy atom. The standard InChI is InChI=1S/C15H15N5OS/c1-20-9-11(7-17-20)4-5-14(21)19-15-18-13(10-22-15)12-3-2-6-16-8-12/h2-3,6-10H,4-5H2,1H3,(H,18,19,21). The molecule has 3 aromatic rings. The number of thiazole rings is 1. The third-order valence-corrected chi connectivity index (χ3v) is 3.86. The van der Waals surface area contributed by atoms with Crippen LogP contribution in [-0.2, 0) is 18.3 Å². The van der Waals surface area contributed by atoms with E-state index in [9.17, 15) is 4.79 Å². The second-order valence-electron chi connectivity index (χ2n) is 4.85. The van der Waals surface area contributed by atoms with Crippen LogP contribution in [0.25, 0.3) is 11.3 Å². The summed E-state index contributed by atoms with van der Waals surface area (Å²) in [6.45, 7) is 0. The predicted octanol–water partition coefficient (Wildman–Crippen LogP) is 2.51. The molecule has 0 aliphatic carbocycles. The Kier molecular flexibility index (Phi) is 4.24. The summed E-state index contributed by atoms with van der Waals surface area (Å²) in [6, 6.07) is 3.80. The molecular weight excluding hydrogens is 298 g/mol. The van der Waals surface area contributed by atoms with Gasteiger partial charge in [-0.25, -0.2) is 4.98 Å². The zero-order chi connectivity index (χ0) is 15.4. The molecule has 0 radical (unpaired) electrons. The van der Waals surface area contributed by atoms with Gasteiger partial charge in [-0.15, -0.1) is 11.3 Å². The van der Waals surface area contributed by atoms with Gasteiger partial charge in [0.25, 0.3) is 0 Å². The number of pyridine rings is 1. The van der Waals surface area contributed by atoms with Crippen LogP contribution in [0.3, 0.4) is 0 Å². The molecule has 0 aromatic carbocycles. The van der Waals surface area contributed by atoms with E-state index in [1.54, 1.807) is 23.3 Å². The summed E-state index contributed by atoms with van der Waals surface area (Å²) in [5.74, 6) is -0.0454. The zero-order valence-corrected chi connectivity index (χ0v) is 12.9. The maximum atomic E-state index is 12.0. The Morgan fingerprint density at radius 2 is 2.32 bits per heavy atom. The first-order valence-corrected chi connectivity index (χ1v) is 7.72. The van der Waals surface area contributed by atoms with Crippen molar-refractivity contribution in [3.63, 3.8) is 0 Å². The normalized spacial score (nSPS) is 10.6. The van der Waals surface area contributed by atoms with Crippen molar-refractivity contribution in [2.24, 2.45) is 7.05 Å². The maximum Gasteiger partial charge on any atom is 0.226 e. The van der Waals surface area contributed by atoms with E-state index in [0.717, 1.165) is 16.8 Å². The smallest absolute Gasteiger partial charge is 0.226 e. The molecule has 0 saturated carbocycles. The first-order chi connectivity index (χ1) is 10.7. The highest BCUT2D eigenvalue weighted by atomic mass is 32.1. The van der Waals surface area contributed by atoms with Gasteiger partial charge in [0, 0.05) is 43.0 Å². The Balaban J connectivity index is 1.57. The van der Waals surface area contributed by atoms with Gasteiger partial charge in [0.15, 0.2) is 5.13 Å². The highest BCUT2D eigenvalue weighted by molar-refractivity contribution is 7.14. The molecule has 0 aliphatic heterocycles. The Labute approximate surface area is 131 Å². The molecule has 1 amide bonds. The van der Waals surface area contributed by atoms with E-state index in [1.165, 1.54) is 11.3 Å². The molecule has 6 nitrogen and oxygen atoms in total. The number of rotatable bonds is 5. The van der Waals surface area contributed by atoms with Crippen molar-refractivity contribution in [1.29, 1.82) is 0 Å². The minimum atomic E-state index is -0.0454. The van der Waals surface area contributed by atoms with Gasteiger partial charge in [0.2, 0.25) is 5.91 Å². The van der Waals surface area contributed by atoms with Crippen molar-refractivity contribution in [3.05, 3.63) is 47.9 Å². The Bertz CT molecular complexity index is 765. The second-order valence-corrected chi connectivity index (χ2v) is 5.71. The van der Waals surface area contributed by atoms with Crippen molar-refractivity contribution in [2.45, 2.75) is 12.8 Å². The molecule has 3 aromatic heterocycles. The van der Waals surface area contributed by atoms with E-state index in [0.29, 0.717) is 18.0 Å². The second kappa shape index (κ2) is 6.48. The van der Waals surface area contributed by atoms with E-state index in [1.807, 2.05) is 30.8 Å². The molecule has 0 spiro atoms. The average Bonchev–Trinajstić information content (AvgIpc) is 3.15. The molecule has 0 bridgehead atoms. The molecule has 3 rings (SSSR count). The number of nitrogens with one attached hydrogen (secondary N) is 1. The van der Waals surface area contributed by atoms with Crippen LogP contribution in [-0.4, -0.2) is 25.7 Å². The van der Waals surface area contributed by atoms with Gasteiger partial charge >= 0.3 is 0 Å². The SMILES string of the molecule is Cn1cc(CCC(=O)Nc2nc(-c3cccnc3)cs2)cn1. The van der Waals surface area contributed by atoms with Gasteiger partial charge in [-0.05, 0) is 24.1 Å². The first-order valence-electron chi connectivity index (χ1n) is 6.84. The maximum absolute atomic E-state index is 12.0. The van der Waals surface area contributed by atoms with Gasteiger partial charge in [-0.1, -0.05) is 0 Å². The van der Waals surface area contributed by atoms with E-state index < -0.39 is 0 Å². The minimum absolute atomic E-state index is 0.0454. The number of aryl methyl sites for hydroxylation is 2. The largest absolute Gasteiger partial charge is 0.302 e. The molecule has 0 atom stereocenters. The first kappa shape index (κ1) is 14.4. The molecule has 0 fully saturated rings. The van der Waals surface area contributed by atoms with Crippen LogP contribution in [0.4, 0.5) is 5.13 Å². The Hall–Kier alpha value is -2.54. The van der Waals surface area contributed by atoms with Crippen molar-refractivity contribution in [3.8, 4) is 11.3 Å². The average molecular weight is 313 g/mol. The number of hydrogen-bond donors (Lipinski definition) is 1. The van der Waals surface area contributed by atoms with Crippen molar-refractivity contribution in [1.82, 2.24) is 19.7 Å². The number of amides is 1. The third kappa shape index (κ3) is 3.56. The minimum Gasteiger partial charge on any atom is -0.302 e. The summed E-state index contributed by atoms with van der Waals surface area (Å²) >= 11 is 1.41. The molecule has 3 heterocycles. The molecule has 0 saturated heterocycles. The number of hydrogen-bond acceptors (Lipinski definition) is 5. The van der Waals surface area contributed by atoms with Crippen molar-refractivity contribution >= 4 is 22.4 Å². The third-order valence-electron chi connectivity index (χ3n) is 3.11. The lowest BCUT2D eigenvalue weighted by Gasteiger charge is -2.00. The lowest BCUT2D eigenvalue weighted by atomic mass is 10.2. The van der Waals surface area contributed by atoms with E-state index >= 15 is 0 Å². The number of anilines is 1. The highest BCUT2D eigenvalue weighted by Crippen LogP contribution is 2.24. The fraction of sp³-hybridized carbons (Fsp3) is 0.200. The van der Waals surface area contributed by atoms with Crippen LogP contribution in [0.15, 0.2) is 42.3 Å². The quantitative estimate of drug-likeness (QED) is 0.785. The van der Waals surface area contributed by atoms with Crippen molar-refractivity contribution < 1.29 is 4.79 Å². The van der Waals surface area contributed by atoms with Crippen LogP contribution in [0.2, 0.25) is 0 Å². The van der Waals surface area contributed by atoms with Crippen LogP contribution in [0.1, 0.15) is 12.0 Å². The van der Waals surface area contributed by atoms with Crippen molar-refractivity contribution in [2.75, 3.05) is 5.32 Å². The number of carbonyl (C=O) groups excluding carboxylic acids is 1. The van der Waals surface area contributed by atoms with Crippen LogP contribution in [0.5, 0.6) is 0 Å². The van der Waals surface area contributed by atoms with Crippen LogP contribution < -0.4 is 5.32 Å². The monoisotopic (exact) mass is 313 g/mol. The Morgan fingerprint density at radius 3 is 3.05 bits per heavy atom. The zero-order valence-electron chi connectivity index (χ0n) is 12.1. The number of carbonyl (C=O) groups is 1. The molecule has 7 heteroatoms. The summed E-state index contributed by atoms with van der Waals surface area (Å²) < 4.78 is 1.73. The molecule has 0 aliphatic rings.